The van der Waals surface area contributed by atoms with Gasteiger partial charge in [0, 0.05) is 15.8 Å². The molecule has 0 fully saturated rings. The lowest BCUT2D eigenvalue weighted by atomic mass is 10.2. The van der Waals surface area contributed by atoms with E-state index in [4.69, 9.17) is 0 Å². The molecule has 0 radical (unpaired) electrons. The van der Waals surface area contributed by atoms with E-state index in [2.05, 4.69) is 18.0 Å². The molecule has 2 heterocycles. The van der Waals surface area contributed by atoms with Crippen molar-refractivity contribution in [1.82, 2.24) is 4.98 Å². The molecule has 3 heteroatoms. The van der Waals surface area contributed by atoms with E-state index in [0.717, 1.165) is 21.1 Å². The number of aryl methyl sites for hydroxylation is 1. The van der Waals surface area contributed by atoms with Crippen molar-refractivity contribution >= 4 is 32.5 Å². The van der Waals surface area contributed by atoms with Gasteiger partial charge in [-0.3, -0.25) is 0 Å². The van der Waals surface area contributed by atoms with Gasteiger partial charge in [0.15, 0.2) is 0 Å². The highest BCUT2D eigenvalue weighted by Crippen LogP contribution is 2.32. The van der Waals surface area contributed by atoms with Gasteiger partial charge in [-0.2, -0.15) is 0 Å². The van der Waals surface area contributed by atoms with Crippen molar-refractivity contribution in [2.75, 3.05) is 0 Å². The molecule has 0 aliphatic heterocycles. The first-order chi connectivity index (χ1) is 6.74. The van der Waals surface area contributed by atoms with Crippen molar-refractivity contribution in [2.24, 2.45) is 0 Å². The molecule has 0 saturated carbocycles. The van der Waals surface area contributed by atoms with Crippen LogP contribution in [0.3, 0.4) is 0 Å². The smallest absolute Gasteiger partial charge is 0.124 e. The topological polar surface area (TPSA) is 15.8 Å². The number of hydrogen-bond donors (Lipinski definition) is 1. The van der Waals surface area contributed by atoms with Crippen LogP contribution in [-0.4, -0.2) is 4.98 Å². The number of benzene rings is 1. The monoisotopic (exact) mass is 205 g/mol. The zero-order valence-electron chi connectivity index (χ0n) is 7.60. The number of thiophene rings is 1. The predicted octanol–water partition coefficient (Wildman–Crippen LogP) is 3.83. The Balaban J connectivity index is 2.55. The second-order valence-corrected chi connectivity index (χ2v) is 4.67. The van der Waals surface area contributed by atoms with E-state index >= 15 is 0 Å². The maximum atomic E-state index is 13.0. The van der Waals surface area contributed by atoms with E-state index in [-0.39, 0.29) is 5.82 Å². The molecule has 1 aromatic carbocycles. The quantitative estimate of drug-likeness (QED) is 0.574. The van der Waals surface area contributed by atoms with E-state index in [9.17, 15) is 4.39 Å². The van der Waals surface area contributed by atoms with E-state index in [0.29, 0.717) is 0 Å². The van der Waals surface area contributed by atoms with E-state index in [1.165, 1.54) is 10.9 Å². The van der Waals surface area contributed by atoms with Gasteiger partial charge in [0.2, 0.25) is 0 Å². The Morgan fingerprint density at radius 2 is 2.07 bits per heavy atom. The first kappa shape index (κ1) is 8.00. The number of hydrogen-bond acceptors (Lipinski definition) is 1. The summed E-state index contributed by atoms with van der Waals surface area (Å²) in [5.41, 5.74) is 2.11. The van der Waals surface area contributed by atoms with E-state index in [1.54, 1.807) is 23.5 Å². The van der Waals surface area contributed by atoms with Gasteiger partial charge in [0.05, 0.1) is 10.2 Å². The molecular weight excluding hydrogens is 197 g/mol. The van der Waals surface area contributed by atoms with Crippen molar-refractivity contribution in [2.45, 2.75) is 6.92 Å². The molecule has 0 spiro atoms. The Bertz CT molecular complexity index is 621. The Kier molecular flexibility index (Phi) is 1.47. The van der Waals surface area contributed by atoms with Gasteiger partial charge in [0.1, 0.15) is 5.82 Å². The summed E-state index contributed by atoms with van der Waals surface area (Å²) in [5.74, 6) is -0.176. The molecule has 0 saturated heterocycles. The van der Waals surface area contributed by atoms with Gasteiger partial charge in [-0.15, -0.1) is 11.3 Å². The van der Waals surface area contributed by atoms with Crippen LogP contribution in [0.5, 0.6) is 0 Å². The van der Waals surface area contributed by atoms with Crippen molar-refractivity contribution in [3.63, 3.8) is 0 Å². The number of halogens is 1. The Morgan fingerprint density at radius 1 is 1.21 bits per heavy atom. The van der Waals surface area contributed by atoms with Crippen molar-refractivity contribution in [3.8, 4) is 0 Å². The summed E-state index contributed by atoms with van der Waals surface area (Å²) in [6.07, 6.45) is 0. The third-order valence-corrected chi connectivity index (χ3v) is 3.43. The number of nitrogens with one attached hydrogen (secondary N) is 1. The minimum atomic E-state index is -0.176. The minimum Gasteiger partial charge on any atom is -0.354 e. The van der Waals surface area contributed by atoms with Crippen molar-refractivity contribution < 1.29 is 4.39 Å². The van der Waals surface area contributed by atoms with Gasteiger partial charge in [-0.25, -0.2) is 4.39 Å². The third-order valence-electron chi connectivity index (χ3n) is 2.35. The number of rotatable bonds is 0. The largest absolute Gasteiger partial charge is 0.354 e. The molecule has 0 unspecified atom stereocenters. The molecule has 0 amide bonds. The first-order valence-electron chi connectivity index (χ1n) is 4.41. The van der Waals surface area contributed by atoms with Crippen LogP contribution >= 0.6 is 11.3 Å². The van der Waals surface area contributed by atoms with Crippen LogP contribution in [0.1, 0.15) is 4.88 Å². The fourth-order valence-electron chi connectivity index (χ4n) is 1.77. The number of aromatic amines is 1. The average Bonchev–Trinajstić information content (AvgIpc) is 2.62. The summed E-state index contributed by atoms with van der Waals surface area (Å²) in [5, 5.41) is 0.984. The van der Waals surface area contributed by atoms with Crippen LogP contribution in [0, 0.1) is 12.7 Å². The lowest BCUT2D eigenvalue weighted by Crippen LogP contribution is -1.71. The summed E-state index contributed by atoms with van der Waals surface area (Å²) >= 11 is 1.70. The van der Waals surface area contributed by atoms with Crippen LogP contribution in [0.2, 0.25) is 0 Å². The standard InChI is InChI=1S/C11H8FNS/c1-6-4-10-11(14-6)8-5-7(12)2-3-9(8)13-10/h2-5,13H,1H3. The van der Waals surface area contributed by atoms with Gasteiger partial charge in [-0.05, 0) is 31.2 Å². The van der Waals surface area contributed by atoms with Crippen LogP contribution in [0.4, 0.5) is 4.39 Å². The number of fused-ring (bicyclic) bond motifs is 3. The fraction of sp³-hybridized carbons (Fsp3) is 0.0909. The fourth-order valence-corrected chi connectivity index (χ4v) is 2.76. The molecule has 70 valence electrons. The minimum absolute atomic E-state index is 0.176. The van der Waals surface area contributed by atoms with Crippen molar-refractivity contribution in [1.29, 1.82) is 0 Å². The summed E-state index contributed by atoms with van der Waals surface area (Å²) in [6, 6.07) is 6.95. The molecule has 2 aromatic heterocycles. The molecule has 3 aromatic rings. The maximum absolute atomic E-state index is 13.0. The van der Waals surface area contributed by atoms with Crippen LogP contribution in [0.25, 0.3) is 21.1 Å². The highest BCUT2D eigenvalue weighted by atomic mass is 32.1. The second kappa shape index (κ2) is 2.58. The second-order valence-electron chi connectivity index (χ2n) is 3.41. The SMILES string of the molecule is Cc1cc2[nH]c3ccc(F)cc3c2s1. The summed E-state index contributed by atoms with van der Waals surface area (Å²) in [4.78, 5) is 4.52. The lowest BCUT2D eigenvalue weighted by Gasteiger charge is -1.89. The predicted molar refractivity (Wildman–Crippen MR) is 58.4 cm³/mol. The van der Waals surface area contributed by atoms with Gasteiger partial charge in [0.25, 0.3) is 0 Å². The van der Waals surface area contributed by atoms with Crippen LogP contribution < -0.4 is 0 Å². The highest BCUT2D eigenvalue weighted by Gasteiger charge is 2.07. The van der Waals surface area contributed by atoms with Gasteiger partial charge in [-0.1, -0.05) is 0 Å². The summed E-state index contributed by atoms with van der Waals surface area (Å²) in [6.45, 7) is 2.06. The maximum Gasteiger partial charge on any atom is 0.124 e. The van der Waals surface area contributed by atoms with Crippen molar-refractivity contribution in [3.05, 3.63) is 35.0 Å². The number of aromatic nitrogens is 1. The van der Waals surface area contributed by atoms with Gasteiger partial charge >= 0.3 is 0 Å². The molecule has 3 rings (SSSR count). The van der Waals surface area contributed by atoms with Crippen LogP contribution in [0.15, 0.2) is 24.3 Å². The average molecular weight is 205 g/mol. The molecule has 0 aliphatic carbocycles. The van der Waals surface area contributed by atoms with E-state index in [1.807, 2.05) is 0 Å². The molecule has 0 atom stereocenters. The highest BCUT2D eigenvalue weighted by molar-refractivity contribution is 7.20. The lowest BCUT2D eigenvalue weighted by molar-refractivity contribution is 0.630. The normalized spacial score (nSPS) is 11.6. The summed E-state index contributed by atoms with van der Waals surface area (Å²) < 4.78 is 14.2. The zero-order valence-corrected chi connectivity index (χ0v) is 8.41. The Labute approximate surface area is 84.2 Å². The molecule has 1 nitrogen and oxygen atoms in total. The molecule has 1 N–H and O–H groups in total. The molecule has 0 aliphatic rings. The van der Waals surface area contributed by atoms with Gasteiger partial charge < -0.3 is 4.98 Å². The number of H-pyrrole nitrogens is 1. The van der Waals surface area contributed by atoms with E-state index < -0.39 is 0 Å². The third kappa shape index (κ3) is 0.990. The zero-order chi connectivity index (χ0) is 9.71. The first-order valence-corrected chi connectivity index (χ1v) is 5.23. The Morgan fingerprint density at radius 3 is 2.93 bits per heavy atom. The molecule has 0 bridgehead atoms. The summed E-state index contributed by atoms with van der Waals surface area (Å²) in [7, 11) is 0. The Hall–Kier alpha value is -1.35. The molecule has 14 heavy (non-hydrogen) atoms. The molecular formula is C11H8FNS. The van der Waals surface area contributed by atoms with Crippen LogP contribution in [-0.2, 0) is 0 Å².